The summed E-state index contributed by atoms with van der Waals surface area (Å²) in [5, 5.41) is 0. The van der Waals surface area contributed by atoms with E-state index in [4.69, 9.17) is 4.74 Å². The standard InChI is InChI=1S/C11H22O2/c1-3-5-9-13-10-6-8-11(12)7-4-2/h3-10H2,1-2H3. The highest BCUT2D eigenvalue weighted by molar-refractivity contribution is 5.78. The highest BCUT2D eigenvalue weighted by Gasteiger charge is 1.99. The van der Waals surface area contributed by atoms with E-state index < -0.39 is 0 Å². The molecule has 0 aliphatic heterocycles. The summed E-state index contributed by atoms with van der Waals surface area (Å²) in [6.07, 6.45) is 5.59. The van der Waals surface area contributed by atoms with Gasteiger partial charge in [0.2, 0.25) is 0 Å². The summed E-state index contributed by atoms with van der Waals surface area (Å²) in [5.74, 6) is 0.376. The molecule has 0 radical (unpaired) electrons. The first kappa shape index (κ1) is 12.6. The summed E-state index contributed by atoms with van der Waals surface area (Å²) in [4.78, 5) is 11.1. The molecule has 0 N–H and O–H groups in total. The van der Waals surface area contributed by atoms with Gasteiger partial charge >= 0.3 is 0 Å². The molecule has 0 fully saturated rings. The van der Waals surface area contributed by atoms with Crippen molar-refractivity contribution in [3.8, 4) is 0 Å². The summed E-state index contributed by atoms with van der Waals surface area (Å²) >= 11 is 0. The lowest BCUT2D eigenvalue weighted by atomic mass is 10.1. The Hall–Kier alpha value is -0.370. The minimum Gasteiger partial charge on any atom is -0.381 e. The molecule has 0 aliphatic rings. The molecule has 0 rings (SSSR count). The van der Waals surface area contributed by atoms with Gasteiger partial charge < -0.3 is 4.74 Å². The lowest BCUT2D eigenvalue weighted by molar-refractivity contribution is -0.119. The molecule has 0 aliphatic carbocycles. The molecule has 0 aromatic rings. The van der Waals surface area contributed by atoms with Gasteiger partial charge in [-0.2, -0.15) is 0 Å². The zero-order valence-corrected chi connectivity index (χ0v) is 8.97. The van der Waals surface area contributed by atoms with Gasteiger partial charge in [0.1, 0.15) is 5.78 Å². The average molecular weight is 186 g/mol. The first-order valence-electron chi connectivity index (χ1n) is 5.40. The Morgan fingerprint density at radius 2 is 1.69 bits per heavy atom. The smallest absolute Gasteiger partial charge is 0.132 e. The first-order valence-corrected chi connectivity index (χ1v) is 5.40. The van der Waals surface area contributed by atoms with Crippen LogP contribution in [0.3, 0.4) is 0 Å². The van der Waals surface area contributed by atoms with E-state index in [0.717, 1.165) is 38.9 Å². The van der Waals surface area contributed by atoms with Crippen LogP contribution in [0.2, 0.25) is 0 Å². The van der Waals surface area contributed by atoms with E-state index in [2.05, 4.69) is 6.92 Å². The van der Waals surface area contributed by atoms with Gasteiger partial charge in [0.05, 0.1) is 0 Å². The maximum Gasteiger partial charge on any atom is 0.132 e. The van der Waals surface area contributed by atoms with Crippen molar-refractivity contribution in [3.63, 3.8) is 0 Å². The Kier molecular flexibility index (Phi) is 9.44. The molecule has 2 heteroatoms. The van der Waals surface area contributed by atoms with E-state index in [9.17, 15) is 4.79 Å². The molecule has 13 heavy (non-hydrogen) atoms. The summed E-state index contributed by atoms with van der Waals surface area (Å²) in [6, 6.07) is 0. The molecule has 2 nitrogen and oxygen atoms in total. The molecule has 0 amide bonds. The number of ketones is 1. The SMILES string of the molecule is CCCCOCCCC(=O)CCC. The minimum absolute atomic E-state index is 0.376. The van der Waals surface area contributed by atoms with Crippen LogP contribution in [0.4, 0.5) is 0 Å². The van der Waals surface area contributed by atoms with Gasteiger partial charge in [0, 0.05) is 26.1 Å². The summed E-state index contributed by atoms with van der Waals surface area (Å²) in [6.45, 7) is 5.78. The number of rotatable bonds is 9. The number of carbonyl (C=O) groups is 1. The molecule has 0 bridgehead atoms. The van der Waals surface area contributed by atoms with Crippen molar-refractivity contribution in [1.29, 1.82) is 0 Å². The van der Waals surface area contributed by atoms with Gasteiger partial charge in [0.25, 0.3) is 0 Å². The highest BCUT2D eigenvalue weighted by Crippen LogP contribution is 1.99. The quantitative estimate of drug-likeness (QED) is 0.517. The fourth-order valence-corrected chi connectivity index (χ4v) is 1.12. The Morgan fingerprint density at radius 1 is 1.00 bits per heavy atom. The molecule has 0 spiro atoms. The fraction of sp³-hybridized carbons (Fsp3) is 0.909. The Bertz CT molecular complexity index is 121. The largest absolute Gasteiger partial charge is 0.381 e. The van der Waals surface area contributed by atoms with Crippen molar-refractivity contribution >= 4 is 5.78 Å². The predicted molar refractivity (Wildman–Crippen MR) is 54.9 cm³/mol. The van der Waals surface area contributed by atoms with Crippen molar-refractivity contribution in [2.45, 2.75) is 52.4 Å². The summed E-state index contributed by atoms with van der Waals surface area (Å²) in [5.41, 5.74) is 0. The minimum atomic E-state index is 0.376. The number of hydrogen-bond acceptors (Lipinski definition) is 2. The van der Waals surface area contributed by atoms with Gasteiger partial charge in [-0.05, 0) is 19.3 Å². The molecular weight excluding hydrogens is 164 g/mol. The maximum absolute atomic E-state index is 11.1. The number of Topliss-reactive ketones (excluding diaryl/α,β-unsaturated/α-hetero) is 1. The van der Waals surface area contributed by atoms with Crippen LogP contribution in [-0.2, 0) is 9.53 Å². The zero-order valence-electron chi connectivity index (χ0n) is 8.97. The number of carbonyl (C=O) groups excluding carboxylic acids is 1. The van der Waals surface area contributed by atoms with Crippen LogP contribution in [0.25, 0.3) is 0 Å². The molecule has 0 aromatic heterocycles. The van der Waals surface area contributed by atoms with Crippen LogP contribution in [0.15, 0.2) is 0 Å². The van der Waals surface area contributed by atoms with E-state index in [1.54, 1.807) is 0 Å². The number of ether oxygens (including phenoxy) is 1. The third-order valence-electron chi connectivity index (χ3n) is 1.92. The van der Waals surface area contributed by atoms with Crippen LogP contribution in [-0.4, -0.2) is 19.0 Å². The van der Waals surface area contributed by atoms with Crippen molar-refractivity contribution in [3.05, 3.63) is 0 Å². The lowest BCUT2D eigenvalue weighted by Crippen LogP contribution is -2.01. The topological polar surface area (TPSA) is 26.3 Å². The van der Waals surface area contributed by atoms with Gasteiger partial charge in [-0.3, -0.25) is 4.79 Å². The zero-order chi connectivity index (χ0) is 9.94. The van der Waals surface area contributed by atoms with Gasteiger partial charge in [-0.25, -0.2) is 0 Å². The Labute approximate surface area is 81.7 Å². The van der Waals surface area contributed by atoms with Gasteiger partial charge in [-0.15, -0.1) is 0 Å². The molecule has 0 heterocycles. The van der Waals surface area contributed by atoms with Crippen LogP contribution in [0.5, 0.6) is 0 Å². The second-order valence-corrected chi connectivity index (χ2v) is 3.36. The maximum atomic E-state index is 11.1. The second-order valence-electron chi connectivity index (χ2n) is 3.36. The van der Waals surface area contributed by atoms with E-state index in [0.29, 0.717) is 12.2 Å². The molecular formula is C11H22O2. The molecule has 0 atom stereocenters. The van der Waals surface area contributed by atoms with E-state index in [1.807, 2.05) is 6.92 Å². The second kappa shape index (κ2) is 9.72. The normalized spacial score (nSPS) is 10.3. The number of unbranched alkanes of at least 4 members (excludes halogenated alkanes) is 1. The summed E-state index contributed by atoms with van der Waals surface area (Å²) < 4.78 is 5.35. The van der Waals surface area contributed by atoms with Gasteiger partial charge in [-0.1, -0.05) is 20.3 Å². The van der Waals surface area contributed by atoms with E-state index >= 15 is 0 Å². The predicted octanol–water partition coefficient (Wildman–Crippen LogP) is 2.95. The van der Waals surface area contributed by atoms with Gasteiger partial charge in [0.15, 0.2) is 0 Å². The Balaban J connectivity index is 3.02. The van der Waals surface area contributed by atoms with Crippen LogP contribution in [0, 0.1) is 0 Å². The highest BCUT2D eigenvalue weighted by atomic mass is 16.5. The molecule has 0 saturated carbocycles. The monoisotopic (exact) mass is 186 g/mol. The van der Waals surface area contributed by atoms with Crippen molar-refractivity contribution in [2.24, 2.45) is 0 Å². The van der Waals surface area contributed by atoms with Crippen LogP contribution in [0.1, 0.15) is 52.4 Å². The van der Waals surface area contributed by atoms with Crippen LogP contribution < -0.4 is 0 Å². The molecule has 0 aromatic carbocycles. The average Bonchev–Trinajstić information content (AvgIpc) is 2.11. The Morgan fingerprint density at radius 3 is 2.31 bits per heavy atom. The fourth-order valence-electron chi connectivity index (χ4n) is 1.12. The van der Waals surface area contributed by atoms with Crippen LogP contribution >= 0.6 is 0 Å². The van der Waals surface area contributed by atoms with Crippen molar-refractivity contribution in [1.82, 2.24) is 0 Å². The molecule has 0 saturated heterocycles. The van der Waals surface area contributed by atoms with E-state index in [1.165, 1.54) is 6.42 Å². The van der Waals surface area contributed by atoms with E-state index in [-0.39, 0.29) is 0 Å². The third-order valence-corrected chi connectivity index (χ3v) is 1.92. The van der Waals surface area contributed by atoms with Crippen molar-refractivity contribution in [2.75, 3.05) is 13.2 Å². The number of hydrogen-bond donors (Lipinski definition) is 0. The van der Waals surface area contributed by atoms with Crippen molar-refractivity contribution < 1.29 is 9.53 Å². The lowest BCUT2D eigenvalue weighted by Gasteiger charge is -2.02. The third kappa shape index (κ3) is 9.54. The first-order chi connectivity index (χ1) is 6.31. The molecule has 0 unspecified atom stereocenters. The molecule has 78 valence electrons. The summed E-state index contributed by atoms with van der Waals surface area (Å²) in [7, 11) is 0.